The Morgan fingerprint density at radius 2 is 1.88 bits per heavy atom. The lowest BCUT2D eigenvalue weighted by molar-refractivity contribution is -0.116. The van der Waals surface area contributed by atoms with Gasteiger partial charge in [-0.15, -0.1) is 0 Å². The number of sulfonamides is 1. The van der Waals surface area contributed by atoms with Gasteiger partial charge < -0.3 is 10.6 Å². The Bertz CT molecular complexity index is 885. The van der Waals surface area contributed by atoms with Gasteiger partial charge in [0.25, 0.3) is 10.0 Å². The first-order valence-electron chi connectivity index (χ1n) is 8.16. The van der Waals surface area contributed by atoms with Crippen LogP contribution in [0.1, 0.15) is 18.4 Å². The van der Waals surface area contributed by atoms with Crippen LogP contribution in [0.4, 0.5) is 11.4 Å². The van der Waals surface area contributed by atoms with E-state index in [-0.39, 0.29) is 10.8 Å². The van der Waals surface area contributed by atoms with Gasteiger partial charge in [0.05, 0.1) is 15.6 Å². The van der Waals surface area contributed by atoms with Gasteiger partial charge in [0, 0.05) is 12.1 Å². The van der Waals surface area contributed by atoms with Crippen LogP contribution in [0.15, 0.2) is 47.4 Å². The number of benzene rings is 2. The van der Waals surface area contributed by atoms with Crippen molar-refractivity contribution in [3.8, 4) is 0 Å². The smallest absolute Gasteiger partial charge is 0.262 e. The number of rotatable bonds is 8. The molecule has 0 unspecified atom stereocenters. The zero-order valence-electron chi connectivity index (χ0n) is 14.7. The van der Waals surface area contributed by atoms with E-state index in [0.29, 0.717) is 34.8 Å². The van der Waals surface area contributed by atoms with Gasteiger partial charge in [0.15, 0.2) is 0 Å². The summed E-state index contributed by atoms with van der Waals surface area (Å²) in [5, 5.41) is 6.01. The van der Waals surface area contributed by atoms with Gasteiger partial charge in [0.2, 0.25) is 5.91 Å². The SMILES string of the molecule is CNCCCC(=O)Nc1ccc(C)c(S(=O)(=O)Nc2ccccc2Cl)c1. The summed E-state index contributed by atoms with van der Waals surface area (Å²) < 4.78 is 28.0. The number of aryl methyl sites for hydroxylation is 1. The molecule has 6 nitrogen and oxygen atoms in total. The van der Waals surface area contributed by atoms with Gasteiger partial charge in [0.1, 0.15) is 0 Å². The predicted molar refractivity (Wildman–Crippen MR) is 105 cm³/mol. The number of anilines is 2. The van der Waals surface area contributed by atoms with E-state index in [0.717, 1.165) is 6.54 Å². The van der Waals surface area contributed by atoms with Crippen LogP contribution >= 0.6 is 11.6 Å². The maximum atomic E-state index is 12.7. The summed E-state index contributed by atoms with van der Waals surface area (Å²) in [6, 6.07) is 11.4. The molecule has 2 aromatic carbocycles. The van der Waals surface area contributed by atoms with Crippen molar-refractivity contribution in [3.63, 3.8) is 0 Å². The minimum Gasteiger partial charge on any atom is -0.326 e. The fourth-order valence-corrected chi connectivity index (χ4v) is 3.95. The zero-order valence-corrected chi connectivity index (χ0v) is 16.2. The van der Waals surface area contributed by atoms with Crippen molar-refractivity contribution < 1.29 is 13.2 Å². The number of carbonyl (C=O) groups is 1. The third kappa shape index (κ3) is 5.45. The summed E-state index contributed by atoms with van der Waals surface area (Å²) in [5.74, 6) is -0.161. The summed E-state index contributed by atoms with van der Waals surface area (Å²) in [6.07, 6.45) is 1.06. The molecule has 3 N–H and O–H groups in total. The lowest BCUT2D eigenvalue weighted by Gasteiger charge is -2.13. The molecule has 0 aliphatic carbocycles. The van der Waals surface area contributed by atoms with Gasteiger partial charge in [-0.05, 0) is 56.8 Å². The molecule has 0 atom stereocenters. The van der Waals surface area contributed by atoms with Crippen LogP contribution in [-0.2, 0) is 14.8 Å². The third-order valence-corrected chi connectivity index (χ3v) is 5.55. The standard InChI is InChI=1S/C18H22ClN3O3S/c1-13-9-10-14(21-18(23)8-5-11-20-2)12-17(13)26(24,25)22-16-7-4-3-6-15(16)19/h3-4,6-7,9-10,12,20,22H,5,8,11H2,1-2H3,(H,21,23). The van der Waals surface area contributed by atoms with Crippen LogP contribution in [0, 0.1) is 6.92 Å². The van der Waals surface area contributed by atoms with Crippen molar-refractivity contribution in [2.45, 2.75) is 24.7 Å². The van der Waals surface area contributed by atoms with Crippen molar-refractivity contribution >= 4 is 38.9 Å². The van der Waals surface area contributed by atoms with Gasteiger partial charge in [-0.1, -0.05) is 29.8 Å². The quantitative estimate of drug-likeness (QED) is 0.598. The molecule has 2 aromatic rings. The molecule has 0 aliphatic heterocycles. The fourth-order valence-electron chi connectivity index (χ4n) is 2.36. The normalized spacial score (nSPS) is 11.2. The van der Waals surface area contributed by atoms with E-state index >= 15 is 0 Å². The topological polar surface area (TPSA) is 87.3 Å². The second-order valence-electron chi connectivity index (χ2n) is 5.82. The maximum Gasteiger partial charge on any atom is 0.262 e. The molecule has 0 spiro atoms. The first kappa shape index (κ1) is 20.2. The Labute approximate surface area is 159 Å². The number of carbonyl (C=O) groups excluding carboxylic acids is 1. The van der Waals surface area contributed by atoms with E-state index in [1.165, 1.54) is 6.07 Å². The van der Waals surface area contributed by atoms with Crippen molar-refractivity contribution in [2.75, 3.05) is 23.6 Å². The second kappa shape index (κ2) is 9.02. The molecule has 0 aliphatic rings. The molecule has 1 amide bonds. The van der Waals surface area contributed by atoms with E-state index < -0.39 is 10.0 Å². The summed E-state index contributed by atoms with van der Waals surface area (Å²) >= 11 is 6.03. The molecular formula is C18H22ClN3O3S. The maximum absolute atomic E-state index is 12.7. The summed E-state index contributed by atoms with van der Waals surface area (Å²) in [4.78, 5) is 12.0. The molecule has 0 saturated heterocycles. The number of amides is 1. The number of hydrogen-bond donors (Lipinski definition) is 3. The number of hydrogen-bond acceptors (Lipinski definition) is 4. The van der Waals surface area contributed by atoms with E-state index in [4.69, 9.17) is 11.6 Å². The van der Waals surface area contributed by atoms with Gasteiger partial charge >= 0.3 is 0 Å². The summed E-state index contributed by atoms with van der Waals surface area (Å²) in [7, 11) is -2.02. The van der Waals surface area contributed by atoms with Crippen molar-refractivity contribution in [3.05, 3.63) is 53.1 Å². The molecule has 2 rings (SSSR count). The first-order valence-corrected chi connectivity index (χ1v) is 10.0. The molecule has 8 heteroatoms. The van der Waals surface area contributed by atoms with Crippen LogP contribution < -0.4 is 15.4 Å². The molecule has 0 aromatic heterocycles. The average Bonchev–Trinajstić information content (AvgIpc) is 2.58. The summed E-state index contributed by atoms with van der Waals surface area (Å²) in [5.41, 5.74) is 1.30. The average molecular weight is 396 g/mol. The molecule has 140 valence electrons. The predicted octanol–water partition coefficient (Wildman–Crippen LogP) is 3.39. The van der Waals surface area contributed by atoms with Crippen LogP contribution in [-0.4, -0.2) is 27.9 Å². The van der Waals surface area contributed by atoms with E-state index in [1.54, 1.807) is 43.3 Å². The van der Waals surface area contributed by atoms with Crippen LogP contribution in [0.3, 0.4) is 0 Å². The molecule has 0 heterocycles. The third-order valence-electron chi connectivity index (χ3n) is 3.71. The zero-order chi connectivity index (χ0) is 19.2. The molecule has 0 bridgehead atoms. The van der Waals surface area contributed by atoms with Crippen molar-refractivity contribution in [2.24, 2.45) is 0 Å². The van der Waals surface area contributed by atoms with Crippen molar-refractivity contribution in [1.82, 2.24) is 5.32 Å². The minimum atomic E-state index is -3.84. The lowest BCUT2D eigenvalue weighted by atomic mass is 10.2. The largest absolute Gasteiger partial charge is 0.326 e. The highest BCUT2D eigenvalue weighted by atomic mass is 35.5. The number of halogens is 1. The monoisotopic (exact) mass is 395 g/mol. The van der Waals surface area contributed by atoms with E-state index in [2.05, 4.69) is 15.4 Å². The molecular weight excluding hydrogens is 374 g/mol. The van der Waals surface area contributed by atoms with Crippen LogP contribution in [0.25, 0.3) is 0 Å². The molecule has 0 radical (unpaired) electrons. The van der Waals surface area contributed by atoms with Gasteiger partial charge in [-0.2, -0.15) is 0 Å². The van der Waals surface area contributed by atoms with Crippen LogP contribution in [0.5, 0.6) is 0 Å². The lowest BCUT2D eigenvalue weighted by Crippen LogP contribution is -2.17. The van der Waals surface area contributed by atoms with Gasteiger partial charge in [-0.25, -0.2) is 8.42 Å². The first-order chi connectivity index (χ1) is 12.3. The summed E-state index contributed by atoms with van der Waals surface area (Å²) in [6.45, 7) is 2.43. The van der Waals surface area contributed by atoms with E-state index in [1.807, 2.05) is 7.05 Å². The highest BCUT2D eigenvalue weighted by Gasteiger charge is 2.19. The Morgan fingerprint density at radius 3 is 2.58 bits per heavy atom. The second-order valence-corrected chi connectivity index (χ2v) is 7.88. The van der Waals surface area contributed by atoms with Gasteiger partial charge in [-0.3, -0.25) is 9.52 Å². The molecule has 0 fully saturated rings. The Hall–Kier alpha value is -2.09. The Morgan fingerprint density at radius 1 is 1.15 bits per heavy atom. The number of nitrogens with one attached hydrogen (secondary N) is 3. The molecule has 0 saturated carbocycles. The Kier molecular flexibility index (Phi) is 7.02. The minimum absolute atomic E-state index is 0.0884. The van der Waals surface area contributed by atoms with Crippen molar-refractivity contribution in [1.29, 1.82) is 0 Å². The van der Waals surface area contributed by atoms with Crippen LogP contribution in [0.2, 0.25) is 5.02 Å². The fraction of sp³-hybridized carbons (Fsp3) is 0.278. The number of para-hydroxylation sites is 1. The highest BCUT2D eigenvalue weighted by Crippen LogP contribution is 2.26. The van der Waals surface area contributed by atoms with E-state index in [9.17, 15) is 13.2 Å². The molecule has 26 heavy (non-hydrogen) atoms. The Balaban J connectivity index is 2.20. The highest BCUT2D eigenvalue weighted by molar-refractivity contribution is 7.92.